The Hall–Kier alpha value is -0.410. The third-order valence-electron chi connectivity index (χ3n) is 6.20. The summed E-state index contributed by atoms with van der Waals surface area (Å²) in [6.45, 7) is 16.7. The van der Waals surface area contributed by atoms with Gasteiger partial charge in [-0.25, -0.2) is 0 Å². The number of carbonyl (C=O) groups is 1. The molecule has 0 radical (unpaired) electrons. The number of Topliss-reactive ketones (excluding diaryl/α,β-unsaturated/α-hetero) is 1. The Kier molecular flexibility index (Phi) is 12.5. The molecule has 0 aromatic rings. The summed E-state index contributed by atoms with van der Waals surface area (Å²) in [5, 5.41) is 0. The SMILES string of the molecule is CC.CC(=O)C1CCC(N2CCN(CCCCCCC(C)C)CC2)CC1. The predicted octanol–water partition coefficient (Wildman–Crippen LogP) is 5.38. The van der Waals surface area contributed by atoms with Crippen molar-refractivity contribution in [2.75, 3.05) is 32.7 Å². The van der Waals surface area contributed by atoms with Gasteiger partial charge in [0.05, 0.1) is 0 Å². The Balaban J connectivity index is 0.00000163. The first-order valence-electron chi connectivity index (χ1n) is 11.5. The molecule has 3 nitrogen and oxygen atoms in total. The van der Waals surface area contributed by atoms with E-state index in [2.05, 4.69) is 23.6 Å². The Labute approximate surface area is 163 Å². The van der Waals surface area contributed by atoms with Crippen molar-refractivity contribution in [3.63, 3.8) is 0 Å². The summed E-state index contributed by atoms with van der Waals surface area (Å²) < 4.78 is 0. The van der Waals surface area contributed by atoms with Crippen LogP contribution in [0.25, 0.3) is 0 Å². The maximum absolute atomic E-state index is 11.5. The van der Waals surface area contributed by atoms with Crippen LogP contribution >= 0.6 is 0 Å². The van der Waals surface area contributed by atoms with Gasteiger partial charge in [-0.2, -0.15) is 0 Å². The van der Waals surface area contributed by atoms with Gasteiger partial charge in [-0.3, -0.25) is 9.69 Å². The van der Waals surface area contributed by atoms with Crippen LogP contribution < -0.4 is 0 Å². The molecule has 1 saturated heterocycles. The van der Waals surface area contributed by atoms with Crippen LogP contribution in [0.5, 0.6) is 0 Å². The number of unbranched alkanes of at least 4 members (excludes halogenated alkanes) is 3. The first-order valence-corrected chi connectivity index (χ1v) is 11.5. The van der Waals surface area contributed by atoms with E-state index < -0.39 is 0 Å². The fourth-order valence-electron chi connectivity index (χ4n) is 4.44. The number of hydrogen-bond acceptors (Lipinski definition) is 3. The van der Waals surface area contributed by atoms with E-state index in [0.29, 0.717) is 11.7 Å². The van der Waals surface area contributed by atoms with Crippen molar-refractivity contribution in [1.82, 2.24) is 9.80 Å². The molecular weight excluding hydrogens is 320 g/mol. The van der Waals surface area contributed by atoms with Crippen LogP contribution in [0.3, 0.4) is 0 Å². The van der Waals surface area contributed by atoms with Crippen molar-refractivity contribution in [3.8, 4) is 0 Å². The molecular formula is C23H46N2O. The summed E-state index contributed by atoms with van der Waals surface area (Å²) in [6.07, 6.45) is 11.7. The molecule has 2 fully saturated rings. The van der Waals surface area contributed by atoms with Crippen LogP contribution in [0.4, 0.5) is 0 Å². The molecule has 0 unspecified atom stereocenters. The molecule has 1 saturated carbocycles. The van der Waals surface area contributed by atoms with Gasteiger partial charge in [-0.15, -0.1) is 0 Å². The highest BCUT2D eigenvalue weighted by atomic mass is 16.1. The number of rotatable bonds is 9. The number of hydrogen-bond donors (Lipinski definition) is 0. The molecule has 3 heteroatoms. The lowest BCUT2D eigenvalue weighted by Crippen LogP contribution is -2.51. The second-order valence-corrected chi connectivity index (χ2v) is 8.59. The summed E-state index contributed by atoms with van der Waals surface area (Å²) in [6, 6.07) is 0.749. The zero-order valence-corrected chi connectivity index (χ0v) is 18.4. The number of ketones is 1. The van der Waals surface area contributed by atoms with Gasteiger partial charge < -0.3 is 4.90 Å². The van der Waals surface area contributed by atoms with Crippen LogP contribution in [0.15, 0.2) is 0 Å². The van der Waals surface area contributed by atoms with Gasteiger partial charge in [0.25, 0.3) is 0 Å². The van der Waals surface area contributed by atoms with Gasteiger partial charge in [0.15, 0.2) is 0 Å². The Morgan fingerprint density at radius 2 is 1.46 bits per heavy atom. The Morgan fingerprint density at radius 3 is 2.00 bits per heavy atom. The molecule has 0 spiro atoms. The minimum Gasteiger partial charge on any atom is -0.301 e. The van der Waals surface area contributed by atoms with Crippen LogP contribution in [-0.4, -0.2) is 54.3 Å². The summed E-state index contributed by atoms with van der Waals surface area (Å²) >= 11 is 0. The molecule has 0 amide bonds. The quantitative estimate of drug-likeness (QED) is 0.512. The van der Waals surface area contributed by atoms with E-state index in [1.807, 2.05) is 13.8 Å². The summed E-state index contributed by atoms with van der Waals surface area (Å²) in [5.74, 6) is 1.63. The molecule has 2 rings (SSSR count). The van der Waals surface area contributed by atoms with E-state index in [9.17, 15) is 4.79 Å². The van der Waals surface area contributed by atoms with Gasteiger partial charge in [-0.05, 0) is 51.5 Å². The average molecular weight is 367 g/mol. The van der Waals surface area contributed by atoms with E-state index in [-0.39, 0.29) is 0 Å². The maximum atomic E-state index is 11.5. The lowest BCUT2D eigenvalue weighted by molar-refractivity contribution is -0.122. The van der Waals surface area contributed by atoms with Gasteiger partial charge >= 0.3 is 0 Å². The minimum absolute atomic E-state index is 0.359. The largest absolute Gasteiger partial charge is 0.301 e. The third kappa shape index (κ3) is 8.99. The fourth-order valence-corrected chi connectivity index (χ4v) is 4.44. The molecule has 0 bridgehead atoms. The van der Waals surface area contributed by atoms with Gasteiger partial charge in [0, 0.05) is 38.1 Å². The van der Waals surface area contributed by atoms with Gasteiger partial charge in [0.2, 0.25) is 0 Å². The Morgan fingerprint density at radius 1 is 0.885 bits per heavy atom. The lowest BCUT2D eigenvalue weighted by Gasteiger charge is -2.41. The van der Waals surface area contributed by atoms with Crippen molar-refractivity contribution in [2.24, 2.45) is 11.8 Å². The molecule has 0 aromatic heterocycles. The van der Waals surface area contributed by atoms with Crippen molar-refractivity contribution >= 4 is 5.78 Å². The van der Waals surface area contributed by atoms with Crippen molar-refractivity contribution in [1.29, 1.82) is 0 Å². The number of piperazine rings is 1. The fraction of sp³-hybridized carbons (Fsp3) is 0.957. The summed E-state index contributed by atoms with van der Waals surface area (Å²) in [4.78, 5) is 16.9. The first-order chi connectivity index (χ1) is 12.6. The number of nitrogens with zero attached hydrogens (tertiary/aromatic N) is 2. The predicted molar refractivity (Wildman–Crippen MR) is 114 cm³/mol. The lowest BCUT2D eigenvalue weighted by atomic mass is 9.83. The zero-order valence-electron chi connectivity index (χ0n) is 18.4. The minimum atomic E-state index is 0.359. The molecule has 1 aliphatic heterocycles. The highest BCUT2D eigenvalue weighted by molar-refractivity contribution is 5.78. The second-order valence-electron chi connectivity index (χ2n) is 8.59. The van der Waals surface area contributed by atoms with E-state index >= 15 is 0 Å². The molecule has 26 heavy (non-hydrogen) atoms. The highest BCUT2D eigenvalue weighted by Gasteiger charge is 2.29. The molecule has 1 aliphatic carbocycles. The van der Waals surface area contributed by atoms with E-state index in [1.165, 1.54) is 77.7 Å². The first kappa shape index (κ1) is 23.6. The van der Waals surface area contributed by atoms with Crippen LogP contribution in [-0.2, 0) is 4.79 Å². The standard InChI is InChI=1S/C21H40N2O.C2H6/c1-18(2)8-6-4-5-7-13-22-14-16-23(17-15-22)21-11-9-20(10-12-21)19(3)24;1-2/h18,20-21H,4-17H2,1-3H3;1-2H3. The van der Waals surface area contributed by atoms with E-state index in [1.54, 1.807) is 6.92 Å². The molecule has 1 heterocycles. The highest BCUT2D eigenvalue weighted by Crippen LogP contribution is 2.28. The summed E-state index contributed by atoms with van der Waals surface area (Å²) in [5.41, 5.74) is 0. The van der Waals surface area contributed by atoms with Gasteiger partial charge in [0.1, 0.15) is 5.78 Å². The molecule has 0 aromatic carbocycles. The Bertz CT molecular complexity index is 353. The zero-order chi connectivity index (χ0) is 19.4. The van der Waals surface area contributed by atoms with Crippen molar-refractivity contribution < 1.29 is 4.79 Å². The molecule has 0 atom stereocenters. The van der Waals surface area contributed by atoms with E-state index in [0.717, 1.165) is 24.8 Å². The van der Waals surface area contributed by atoms with Crippen molar-refractivity contribution in [3.05, 3.63) is 0 Å². The normalized spacial score (nSPS) is 25.0. The monoisotopic (exact) mass is 366 g/mol. The molecule has 2 aliphatic rings. The number of carbonyl (C=O) groups excluding carboxylic acids is 1. The second kappa shape index (κ2) is 13.7. The molecule has 154 valence electrons. The van der Waals surface area contributed by atoms with E-state index in [4.69, 9.17) is 0 Å². The summed E-state index contributed by atoms with van der Waals surface area (Å²) in [7, 11) is 0. The van der Waals surface area contributed by atoms with Crippen LogP contribution in [0.1, 0.15) is 92.4 Å². The maximum Gasteiger partial charge on any atom is 0.132 e. The topological polar surface area (TPSA) is 23.6 Å². The molecule has 0 N–H and O–H groups in total. The van der Waals surface area contributed by atoms with Crippen LogP contribution in [0, 0.1) is 11.8 Å². The van der Waals surface area contributed by atoms with Gasteiger partial charge in [-0.1, -0.05) is 53.4 Å². The smallest absolute Gasteiger partial charge is 0.132 e. The third-order valence-corrected chi connectivity index (χ3v) is 6.20. The van der Waals surface area contributed by atoms with Crippen molar-refractivity contribution in [2.45, 2.75) is 98.4 Å². The van der Waals surface area contributed by atoms with Crippen LogP contribution in [0.2, 0.25) is 0 Å². The average Bonchev–Trinajstić information content (AvgIpc) is 2.66.